The molecular weight excluding hydrogens is 465 g/mol. The molecule has 33 heavy (non-hydrogen) atoms. The van der Waals surface area contributed by atoms with Crippen molar-refractivity contribution in [2.24, 2.45) is 4.99 Å². The molecule has 0 saturated carbocycles. The molecule has 1 aliphatic heterocycles. The average Bonchev–Trinajstić information content (AvgIpc) is 3.31. The van der Waals surface area contributed by atoms with E-state index >= 15 is 0 Å². The summed E-state index contributed by atoms with van der Waals surface area (Å²) in [5.74, 6) is -2.33. The highest BCUT2D eigenvalue weighted by Crippen LogP contribution is 2.40. The molecule has 4 rings (SSSR count). The number of halogens is 4. The van der Waals surface area contributed by atoms with Gasteiger partial charge in [-0.3, -0.25) is 9.83 Å². The maximum Gasteiger partial charge on any atom is 0.247 e. The lowest BCUT2D eigenvalue weighted by Crippen LogP contribution is -2.37. The Bertz CT molecular complexity index is 1210. The van der Waals surface area contributed by atoms with Crippen molar-refractivity contribution >= 4 is 23.0 Å². The molecule has 0 radical (unpaired) electrons. The first-order valence-electron chi connectivity index (χ1n) is 9.54. The second kappa shape index (κ2) is 10.1. The molecule has 0 fully saturated rings. The summed E-state index contributed by atoms with van der Waals surface area (Å²) in [4.78, 5) is 13.4. The molecule has 3 N–H and O–H groups in total. The van der Waals surface area contributed by atoms with E-state index in [4.69, 9.17) is 26.0 Å². The van der Waals surface area contributed by atoms with Crippen molar-refractivity contribution < 1.29 is 27.5 Å². The van der Waals surface area contributed by atoms with Gasteiger partial charge in [-0.1, -0.05) is 17.7 Å². The first kappa shape index (κ1) is 22.9. The van der Waals surface area contributed by atoms with E-state index in [9.17, 15) is 13.2 Å². The summed E-state index contributed by atoms with van der Waals surface area (Å²) in [7, 11) is 0. The van der Waals surface area contributed by atoms with Crippen molar-refractivity contribution in [2.45, 2.75) is 6.04 Å². The number of amidine groups is 1. The predicted octanol–water partition coefficient (Wildman–Crippen LogP) is 2.55. The predicted molar refractivity (Wildman–Crippen MR) is 110 cm³/mol. The number of aliphatic hydroxyl groups excluding tert-OH is 1. The van der Waals surface area contributed by atoms with Crippen LogP contribution >= 0.6 is 11.6 Å². The van der Waals surface area contributed by atoms with Gasteiger partial charge in [-0.15, -0.1) is 10.2 Å². The largest absolute Gasteiger partial charge is 0.424 e. The lowest BCUT2D eigenvalue weighted by molar-refractivity contribution is 0.0220. The van der Waals surface area contributed by atoms with Crippen molar-refractivity contribution in [3.05, 3.63) is 82.2 Å². The van der Waals surface area contributed by atoms with Crippen LogP contribution in [-0.4, -0.2) is 45.9 Å². The van der Waals surface area contributed by atoms with Crippen LogP contribution in [0.15, 0.2) is 52.0 Å². The number of hydrogen-bond donors (Lipinski definition) is 3. The topological polar surface area (TPSA) is 118 Å². The maximum atomic E-state index is 14.5. The van der Waals surface area contributed by atoms with E-state index in [1.807, 2.05) is 0 Å². The van der Waals surface area contributed by atoms with Crippen LogP contribution in [-0.2, 0) is 4.84 Å². The molecule has 13 heteroatoms. The molecule has 0 spiro atoms. The van der Waals surface area contributed by atoms with Gasteiger partial charge < -0.3 is 14.8 Å². The van der Waals surface area contributed by atoms with Crippen molar-refractivity contribution in [3.63, 3.8) is 0 Å². The fourth-order valence-electron chi connectivity index (χ4n) is 3.18. The molecule has 0 saturated heterocycles. The number of pyridine rings is 1. The Morgan fingerprint density at radius 1 is 1.21 bits per heavy atom. The van der Waals surface area contributed by atoms with Gasteiger partial charge in [-0.25, -0.2) is 18.2 Å². The third kappa shape index (κ3) is 5.03. The Morgan fingerprint density at radius 3 is 2.76 bits per heavy atom. The molecule has 3 heterocycles. The summed E-state index contributed by atoms with van der Waals surface area (Å²) >= 11 is 6.30. The Balaban J connectivity index is 1.85. The Labute approximate surface area is 189 Å². The van der Waals surface area contributed by atoms with E-state index in [0.29, 0.717) is 22.9 Å². The number of benzene rings is 1. The lowest BCUT2D eigenvalue weighted by Gasteiger charge is -2.27. The summed E-state index contributed by atoms with van der Waals surface area (Å²) in [6, 6.07) is 3.45. The second-order valence-electron chi connectivity index (χ2n) is 6.68. The highest BCUT2D eigenvalue weighted by atomic mass is 35.5. The second-order valence-corrected chi connectivity index (χ2v) is 7.09. The van der Waals surface area contributed by atoms with Crippen LogP contribution < -0.4 is 10.8 Å². The molecule has 2 aromatic heterocycles. The van der Waals surface area contributed by atoms with Gasteiger partial charge in [0.05, 0.1) is 31.5 Å². The van der Waals surface area contributed by atoms with Gasteiger partial charge in [-0.2, -0.15) is 5.48 Å². The molecule has 0 bridgehead atoms. The van der Waals surface area contributed by atoms with E-state index in [-0.39, 0.29) is 42.2 Å². The van der Waals surface area contributed by atoms with Crippen LogP contribution in [0.25, 0.3) is 5.57 Å². The van der Waals surface area contributed by atoms with Crippen LogP contribution in [0.1, 0.15) is 23.2 Å². The molecule has 9 nitrogen and oxygen atoms in total. The zero-order valence-corrected chi connectivity index (χ0v) is 17.5. The maximum absolute atomic E-state index is 14.5. The van der Waals surface area contributed by atoms with E-state index in [1.165, 1.54) is 12.1 Å². The summed E-state index contributed by atoms with van der Waals surface area (Å²) in [5.41, 5.74) is 3.47. The number of nitrogens with one attached hydrogen (secondary N) is 2. The highest BCUT2D eigenvalue weighted by molar-refractivity contribution is 6.31. The molecule has 1 atom stereocenters. The van der Waals surface area contributed by atoms with Gasteiger partial charge in [0.15, 0.2) is 11.7 Å². The van der Waals surface area contributed by atoms with Gasteiger partial charge in [0.25, 0.3) is 0 Å². The number of aliphatic imine (C=N–C) groups is 1. The number of aliphatic hydroxyl groups is 1. The summed E-state index contributed by atoms with van der Waals surface area (Å²) in [6.07, 6.45) is 1.96. The number of aromatic nitrogens is 3. The fraction of sp³-hybridized carbons (Fsp3) is 0.200. The van der Waals surface area contributed by atoms with Gasteiger partial charge in [-0.05, 0) is 12.1 Å². The van der Waals surface area contributed by atoms with Crippen LogP contribution in [0.5, 0.6) is 0 Å². The van der Waals surface area contributed by atoms with Gasteiger partial charge in [0.1, 0.15) is 23.4 Å². The van der Waals surface area contributed by atoms with E-state index < -0.39 is 23.5 Å². The molecule has 0 amide bonds. The van der Waals surface area contributed by atoms with Crippen LogP contribution in [0.4, 0.5) is 13.2 Å². The van der Waals surface area contributed by atoms with Crippen molar-refractivity contribution in [1.82, 2.24) is 26.0 Å². The molecule has 1 unspecified atom stereocenters. The number of rotatable bonds is 8. The molecule has 0 aliphatic carbocycles. The minimum atomic E-state index is -0.949. The van der Waals surface area contributed by atoms with Crippen LogP contribution in [0.3, 0.4) is 0 Å². The van der Waals surface area contributed by atoms with Gasteiger partial charge >= 0.3 is 0 Å². The van der Waals surface area contributed by atoms with Gasteiger partial charge in [0.2, 0.25) is 12.3 Å². The highest BCUT2D eigenvalue weighted by Gasteiger charge is 2.33. The fourth-order valence-corrected chi connectivity index (χ4v) is 3.45. The molecule has 3 aromatic rings. The Hall–Kier alpha value is -3.32. The molecule has 172 valence electrons. The zero-order valence-electron chi connectivity index (χ0n) is 16.7. The number of hydroxylamine groups is 1. The average molecular weight is 481 g/mol. The summed E-state index contributed by atoms with van der Waals surface area (Å²) < 4.78 is 47.0. The third-order valence-electron chi connectivity index (χ3n) is 4.55. The summed E-state index contributed by atoms with van der Waals surface area (Å²) in [6.45, 7) is -0.221. The molecule has 1 aliphatic rings. The SMILES string of the molecule is OCCONCC1=C(c2nnco2)C(c2ccc(F)cc2Cl)N=C(c2ncc(F)cc2F)N1. The first-order chi connectivity index (χ1) is 16.0. The zero-order chi connectivity index (χ0) is 23.4. The normalized spacial score (nSPS) is 16.0. The van der Waals surface area contributed by atoms with E-state index in [0.717, 1.165) is 18.7 Å². The Kier molecular flexibility index (Phi) is 6.99. The standard InChI is InChI=1S/C20H16ClF3N6O3/c21-13-5-10(22)1-2-12(13)17-16(20-30-26-9-32-20)15(8-27-33-4-3-31)28-19(29-17)18-14(24)6-11(23)7-25-18/h1-2,5-7,9,17,27,31H,3-4,8H2,(H,28,29). The first-order valence-corrected chi connectivity index (χ1v) is 9.92. The summed E-state index contributed by atoms with van der Waals surface area (Å²) in [5, 5.41) is 19.5. The smallest absolute Gasteiger partial charge is 0.247 e. The molecular formula is C20H16ClF3N6O3. The van der Waals surface area contributed by atoms with Crippen LogP contribution in [0.2, 0.25) is 5.02 Å². The Morgan fingerprint density at radius 2 is 2.06 bits per heavy atom. The number of hydrogen-bond acceptors (Lipinski definition) is 9. The van der Waals surface area contributed by atoms with Gasteiger partial charge in [0, 0.05) is 22.3 Å². The number of nitrogens with zero attached hydrogens (tertiary/aromatic N) is 4. The molecule has 1 aromatic carbocycles. The van der Waals surface area contributed by atoms with Crippen molar-refractivity contribution in [2.75, 3.05) is 19.8 Å². The van der Waals surface area contributed by atoms with E-state index in [2.05, 4.69) is 31.0 Å². The van der Waals surface area contributed by atoms with E-state index in [1.54, 1.807) is 0 Å². The van der Waals surface area contributed by atoms with Crippen molar-refractivity contribution in [3.8, 4) is 0 Å². The minimum Gasteiger partial charge on any atom is -0.424 e. The van der Waals surface area contributed by atoms with Crippen LogP contribution in [0, 0.1) is 17.5 Å². The van der Waals surface area contributed by atoms with Crippen molar-refractivity contribution in [1.29, 1.82) is 0 Å². The monoisotopic (exact) mass is 480 g/mol. The minimum absolute atomic E-state index is 0.00510. The lowest BCUT2D eigenvalue weighted by atomic mass is 9.95. The quantitative estimate of drug-likeness (QED) is 0.332. The third-order valence-corrected chi connectivity index (χ3v) is 4.88.